The largest absolute Gasteiger partial charge is 0.352 e. The maximum absolute atomic E-state index is 12.3. The van der Waals surface area contributed by atoms with Gasteiger partial charge in [0.1, 0.15) is 5.82 Å². The molecule has 6 nitrogen and oxygen atoms in total. The molecular weight excluding hydrogens is 328 g/mol. The van der Waals surface area contributed by atoms with Gasteiger partial charge in [0.2, 0.25) is 5.91 Å². The number of carbonyl (C=O) groups excluding carboxylic acids is 1. The summed E-state index contributed by atoms with van der Waals surface area (Å²) in [6, 6.07) is 9.26. The number of aryl methyl sites for hydroxylation is 2. The van der Waals surface area contributed by atoms with Gasteiger partial charge in [0.05, 0.1) is 5.69 Å². The number of hydrogen-bond acceptors (Lipinski definition) is 4. The van der Waals surface area contributed by atoms with Gasteiger partial charge in [-0.05, 0) is 56.0 Å². The second kappa shape index (κ2) is 6.59. The van der Waals surface area contributed by atoms with Crippen LogP contribution in [-0.2, 0) is 4.79 Å². The lowest BCUT2D eigenvalue weighted by Gasteiger charge is -2.35. The van der Waals surface area contributed by atoms with E-state index < -0.39 is 0 Å². The van der Waals surface area contributed by atoms with Gasteiger partial charge in [-0.1, -0.05) is 6.07 Å². The van der Waals surface area contributed by atoms with Gasteiger partial charge in [0.15, 0.2) is 0 Å². The number of nitrogens with zero attached hydrogens (tertiary/aromatic N) is 4. The Hall–Kier alpha value is -2.63. The number of rotatable bonds is 3. The average molecular weight is 352 g/mol. The Morgan fingerprint density at radius 1 is 1.00 bits per heavy atom. The summed E-state index contributed by atoms with van der Waals surface area (Å²) in [6.07, 6.45) is 2.09. The molecule has 0 bridgehead atoms. The van der Waals surface area contributed by atoms with Crippen LogP contribution in [0.5, 0.6) is 0 Å². The maximum Gasteiger partial charge on any atom is 0.271 e. The first-order valence-corrected chi connectivity index (χ1v) is 9.25. The van der Waals surface area contributed by atoms with Crippen molar-refractivity contribution >= 4 is 11.7 Å². The Morgan fingerprint density at radius 2 is 1.73 bits per heavy atom. The lowest BCUT2D eigenvalue weighted by atomic mass is 10.1. The first-order valence-electron chi connectivity index (χ1n) is 9.25. The number of anilines is 1. The van der Waals surface area contributed by atoms with Crippen LogP contribution in [0.25, 0.3) is 5.69 Å². The van der Waals surface area contributed by atoms with E-state index in [0.717, 1.165) is 56.1 Å². The summed E-state index contributed by atoms with van der Waals surface area (Å²) in [5.41, 5.74) is 2.96. The SMILES string of the molecule is Cc1ccc(-n2nc(N3CCN(C(=O)C4CC4)CC3)ccc2=O)cc1C. The minimum atomic E-state index is -0.139. The number of piperazine rings is 1. The summed E-state index contributed by atoms with van der Waals surface area (Å²) in [4.78, 5) is 28.6. The fourth-order valence-electron chi connectivity index (χ4n) is 3.36. The van der Waals surface area contributed by atoms with Crippen LogP contribution < -0.4 is 10.5 Å². The average Bonchev–Trinajstić information content (AvgIpc) is 3.49. The molecule has 1 amide bonds. The molecule has 0 atom stereocenters. The molecule has 136 valence electrons. The normalized spacial score (nSPS) is 17.5. The zero-order valence-corrected chi connectivity index (χ0v) is 15.3. The molecule has 2 fully saturated rings. The molecule has 1 aliphatic heterocycles. The van der Waals surface area contributed by atoms with Gasteiger partial charge in [0, 0.05) is 38.2 Å². The third-order valence-electron chi connectivity index (χ3n) is 5.36. The number of benzene rings is 1. The maximum atomic E-state index is 12.3. The molecule has 4 rings (SSSR count). The van der Waals surface area contributed by atoms with Crippen LogP contribution in [0.4, 0.5) is 5.82 Å². The Bertz CT molecular complexity index is 893. The third-order valence-corrected chi connectivity index (χ3v) is 5.36. The second-order valence-corrected chi connectivity index (χ2v) is 7.30. The fourth-order valence-corrected chi connectivity index (χ4v) is 3.36. The molecule has 6 heteroatoms. The van der Waals surface area contributed by atoms with Crippen molar-refractivity contribution in [3.8, 4) is 5.69 Å². The van der Waals surface area contributed by atoms with Gasteiger partial charge >= 0.3 is 0 Å². The van der Waals surface area contributed by atoms with E-state index in [1.54, 1.807) is 12.1 Å². The van der Waals surface area contributed by atoms with E-state index >= 15 is 0 Å². The van der Waals surface area contributed by atoms with Gasteiger partial charge in [-0.15, -0.1) is 5.10 Å². The summed E-state index contributed by atoms with van der Waals surface area (Å²) < 4.78 is 1.46. The highest BCUT2D eigenvalue weighted by molar-refractivity contribution is 5.81. The van der Waals surface area contributed by atoms with Crippen LogP contribution in [0.2, 0.25) is 0 Å². The van der Waals surface area contributed by atoms with Gasteiger partial charge in [0.25, 0.3) is 5.56 Å². The van der Waals surface area contributed by atoms with Crippen LogP contribution in [0.1, 0.15) is 24.0 Å². The monoisotopic (exact) mass is 352 g/mol. The van der Waals surface area contributed by atoms with E-state index in [-0.39, 0.29) is 11.5 Å². The number of hydrogen-bond donors (Lipinski definition) is 0. The molecule has 1 aromatic carbocycles. The van der Waals surface area contributed by atoms with Crippen molar-refractivity contribution in [2.45, 2.75) is 26.7 Å². The van der Waals surface area contributed by atoms with E-state index in [2.05, 4.69) is 10.00 Å². The van der Waals surface area contributed by atoms with E-state index in [9.17, 15) is 9.59 Å². The summed E-state index contributed by atoms with van der Waals surface area (Å²) >= 11 is 0. The highest BCUT2D eigenvalue weighted by Crippen LogP contribution is 2.31. The van der Waals surface area contributed by atoms with Crippen LogP contribution >= 0.6 is 0 Å². The van der Waals surface area contributed by atoms with Crippen molar-refractivity contribution in [2.75, 3.05) is 31.1 Å². The molecule has 1 aromatic heterocycles. The van der Waals surface area contributed by atoms with Crippen LogP contribution in [0.3, 0.4) is 0 Å². The Balaban J connectivity index is 1.54. The topological polar surface area (TPSA) is 58.4 Å². The molecule has 1 aliphatic carbocycles. The zero-order valence-electron chi connectivity index (χ0n) is 15.3. The van der Waals surface area contributed by atoms with E-state index in [0.29, 0.717) is 5.91 Å². The molecule has 26 heavy (non-hydrogen) atoms. The van der Waals surface area contributed by atoms with Gasteiger partial charge in [-0.25, -0.2) is 0 Å². The predicted octanol–water partition coefficient (Wildman–Crippen LogP) is 1.91. The highest BCUT2D eigenvalue weighted by atomic mass is 16.2. The summed E-state index contributed by atoms with van der Waals surface area (Å²) in [5, 5.41) is 4.58. The van der Waals surface area contributed by atoms with Crippen molar-refractivity contribution in [3.05, 3.63) is 51.8 Å². The predicted molar refractivity (Wildman–Crippen MR) is 101 cm³/mol. The summed E-state index contributed by atoms with van der Waals surface area (Å²) in [7, 11) is 0. The summed E-state index contributed by atoms with van der Waals surface area (Å²) in [5.74, 6) is 1.35. The number of amides is 1. The molecule has 1 saturated carbocycles. The number of aromatic nitrogens is 2. The summed E-state index contributed by atoms with van der Waals surface area (Å²) in [6.45, 7) is 7.02. The number of carbonyl (C=O) groups is 1. The molecule has 0 radical (unpaired) electrons. The van der Waals surface area contributed by atoms with Gasteiger partial charge < -0.3 is 9.80 Å². The molecule has 0 N–H and O–H groups in total. The highest BCUT2D eigenvalue weighted by Gasteiger charge is 2.34. The molecule has 0 unspecified atom stereocenters. The Kier molecular flexibility index (Phi) is 4.26. The van der Waals surface area contributed by atoms with Crippen LogP contribution in [0.15, 0.2) is 35.1 Å². The fraction of sp³-hybridized carbons (Fsp3) is 0.450. The second-order valence-electron chi connectivity index (χ2n) is 7.30. The molecule has 2 heterocycles. The minimum absolute atomic E-state index is 0.139. The standard InChI is InChI=1S/C20H24N4O2/c1-14-3-6-17(13-15(14)2)24-19(25)8-7-18(21-24)22-9-11-23(12-10-22)20(26)16-4-5-16/h3,6-8,13,16H,4-5,9-12H2,1-2H3. The smallest absolute Gasteiger partial charge is 0.271 e. The van der Waals surface area contributed by atoms with E-state index in [4.69, 9.17) is 0 Å². The van der Waals surface area contributed by atoms with Crippen molar-refractivity contribution in [3.63, 3.8) is 0 Å². The molecule has 1 saturated heterocycles. The zero-order chi connectivity index (χ0) is 18.3. The first kappa shape index (κ1) is 16.8. The van der Waals surface area contributed by atoms with Crippen molar-refractivity contribution < 1.29 is 4.79 Å². The Morgan fingerprint density at radius 3 is 2.38 bits per heavy atom. The van der Waals surface area contributed by atoms with Gasteiger partial charge in [-0.2, -0.15) is 4.68 Å². The lowest BCUT2D eigenvalue weighted by Crippen LogP contribution is -2.49. The van der Waals surface area contributed by atoms with E-state index in [1.807, 2.05) is 36.9 Å². The van der Waals surface area contributed by atoms with Crippen molar-refractivity contribution in [1.29, 1.82) is 0 Å². The quantitative estimate of drug-likeness (QED) is 0.847. The molecule has 2 aliphatic rings. The first-order chi connectivity index (χ1) is 12.5. The third kappa shape index (κ3) is 3.23. The van der Waals surface area contributed by atoms with Crippen LogP contribution in [0, 0.1) is 19.8 Å². The van der Waals surface area contributed by atoms with Gasteiger partial charge in [-0.3, -0.25) is 9.59 Å². The lowest BCUT2D eigenvalue weighted by molar-refractivity contribution is -0.132. The Labute approximate surface area is 153 Å². The molecule has 2 aromatic rings. The van der Waals surface area contributed by atoms with Crippen molar-refractivity contribution in [1.82, 2.24) is 14.7 Å². The van der Waals surface area contributed by atoms with E-state index in [1.165, 1.54) is 10.2 Å². The molecular formula is C20H24N4O2. The van der Waals surface area contributed by atoms with Crippen LogP contribution in [-0.4, -0.2) is 46.8 Å². The van der Waals surface area contributed by atoms with Crippen molar-refractivity contribution in [2.24, 2.45) is 5.92 Å². The minimum Gasteiger partial charge on any atom is -0.352 e. The molecule has 0 spiro atoms.